The first-order valence-corrected chi connectivity index (χ1v) is 5.88. The van der Waals surface area contributed by atoms with Crippen LogP contribution in [0.2, 0.25) is 0 Å². The summed E-state index contributed by atoms with van der Waals surface area (Å²) >= 11 is 0. The van der Waals surface area contributed by atoms with Gasteiger partial charge < -0.3 is 5.73 Å². The van der Waals surface area contributed by atoms with Gasteiger partial charge in [-0.3, -0.25) is 9.88 Å². The van der Waals surface area contributed by atoms with Crippen molar-refractivity contribution in [3.8, 4) is 0 Å². The van der Waals surface area contributed by atoms with Crippen LogP contribution in [0.25, 0.3) is 0 Å². The number of rotatable bonds is 6. The minimum absolute atomic E-state index is 0.230. The van der Waals surface area contributed by atoms with Crippen molar-refractivity contribution in [1.29, 1.82) is 0 Å². The zero-order chi connectivity index (χ0) is 13.6. The number of aromatic nitrogens is 1. The molecule has 18 heavy (non-hydrogen) atoms. The first-order chi connectivity index (χ1) is 8.46. The zero-order valence-electron chi connectivity index (χ0n) is 10.4. The smallest absolute Gasteiger partial charge is 0.325 e. The third-order valence-corrected chi connectivity index (χ3v) is 2.51. The van der Waals surface area contributed by atoms with E-state index < -0.39 is 12.7 Å². The Bertz CT molecular complexity index is 366. The number of alkyl halides is 3. The molecule has 0 aliphatic carbocycles. The highest BCUT2D eigenvalue weighted by molar-refractivity contribution is 5.19. The summed E-state index contributed by atoms with van der Waals surface area (Å²) in [4.78, 5) is 5.45. The van der Waals surface area contributed by atoms with Gasteiger partial charge in [-0.25, -0.2) is 0 Å². The average Bonchev–Trinajstić information content (AvgIpc) is 2.28. The molecule has 0 saturated carbocycles. The Morgan fingerprint density at radius 1 is 1.39 bits per heavy atom. The van der Waals surface area contributed by atoms with E-state index in [1.165, 1.54) is 4.90 Å². The van der Waals surface area contributed by atoms with E-state index in [2.05, 4.69) is 4.98 Å². The Morgan fingerprint density at radius 3 is 2.67 bits per heavy atom. The highest BCUT2D eigenvalue weighted by atomic mass is 19.4. The van der Waals surface area contributed by atoms with E-state index in [0.717, 1.165) is 5.56 Å². The Labute approximate surface area is 105 Å². The fraction of sp³-hybridized carbons (Fsp3) is 0.583. The van der Waals surface area contributed by atoms with Crippen molar-refractivity contribution in [1.82, 2.24) is 9.88 Å². The third kappa shape index (κ3) is 5.01. The van der Waals surface area contributed by atoms with Crippen LogP contribution in [-0.4, -0.2) is 29.1 Å². The largest absolute Gasteiger partial charge is 0.401 e. The van der Waals surface area contributed by atoms with Gasteiger partial charge in [0.15, 0.2) is 0 Å². The molecule has 0 bridgehead atoms. The summed E-state index contributed by atoms with van der Waals surface area (Å²) < 4.78 is 37.3. The molecular weight excluding hydrogens is 243 g/mol. The Morgan fingerprint density at radius 2 is 2.11 bits per heavy atom. The minimum atomic E-state index is -4.18. The van der Waals surface area contributed by atoms with Gasteiger partial charge >= 0.3 is 6.18 Å². The number of hydrogen-bond acceptors (Lipinski definition) is 3. The Kier molecular flexibility index (Phi) is 5.55. The molecule has 0 amide bonds. The lowest BCUT2D eigenvalue weighted by atomic mass is 10.1. The lowest BCUT2D eigenvalue weighted by Gasteiger charge is -2.23. The van der Waals surface area contributed by atoms with Gasteiger partial charge in [0.05, 0.1) is 12.2 Å². The van der Waals surface area contributed by atoms with Gasteiger partial charge in [0.2, 0.25) is 0 Å². The van der Waals surface area contributed by atoms with E-state index in [1.54, 1.807) is 18.3 Å². The molecule has 0 aliphatic heterocycles. The maximum atomic E-state index is 12.4. The molecule has 1 aromatic heterocycles. The average molecular weight is 261 g/mol. The van der Waals surface area contributed by atoms with E-state index in [0.29, 0.717) is 18.7 Å². The molecule has 6 heteroatoms. The molecule has 0 saturated heterocycles. The van der Waals surface area contributed by atoms with Gasteiger partial charge in [-0.2, -0.15) is 13.2 Å². The molecule has 0 unspecified atom stereocenters. The molecule has 1 aromatic rings. The van der Waals surface area contributed by atoms with Crippen molar-refractivity contribution in [2.24, 2.45) is 5.73 Å². The van der Waals surface area contributed by atoms with E-state index in [-0.39, 0.29) is 13.1 Å². The molecule has 0 aromatic carbocycles. The molecular formula is C12H18F3N3. The summed E-state index contributed by atoms with van der Waals surface area (Å²) in [5.41, 5.74) is 6.94. The maximum Gasteiger partial charge on any atom is 0.401 e. The molecule has 102 valence electrons. The van der Waals surface area contributed by atoms with Crippen LogP contribution in [0.15, 0.2) is 18.3 Å². The van der Waals surface area contributed by atoms with Crippen LogP contribution in [0.4, 0.5) is 13.2 Å². The SMILES string of the molecule is CCCN(Cc1cccnc1CN)CC(F)(F)F. The second-order valence-corrected chi connectivity index (χ2v) is 4.14. The predicted octanol–water partition coefficient (Wildman–Crippen LogP) is 2.31. The van der Waals surface area contributed by atoms with E-state index >= 15 is 0 Å². The molecule has 2 N–H and O–H groups in total. The van der Waals surface area contributed by atoms with Crippen LogP contribution in [0, 0.1) is 0 Å². The summed E-state index contributed by atoms with van der Waals surface area (Å²) in [5, 5.41) is 0. The van der Waals surface area contributed by atoms with Crippen LogP contribution in [-0.2, 0) is 13.1 Å². The maximum absolute atomic E-state index is 12.4. The Balaban J connectivity index is 2.76. The van der Waals surface area contributed by atoms with Gasteiger partial charge in [0, 0.05) is 19.3 Å². The lowest BCUT2D eigenvalue weighted by molar-refractivity contribution is -0.147. The molecule has 1 heterocycles. The van der Waals surface area contributed by atoms with Crippen molar-refractivity contribution in [2.45, 2.75) is 32.6 Å². The van der Waals surface area contributed by atoms with E-state index in [1.807, 2.05) is 6.92 Å². The van der Waals surface area contributed by atoms with E-state index in [4.69, 9.17) is 5.73 Å². The lowest BCUT2D eigenvalue weighted by Crippen LogP contribution is -2.34. The number of pyridine rings is 1. The highest BCUT2D eigenvalue weighted by Crippen LogP contribution is 2.19. The molecule has 0 radical (unpaired) electrons. The molecule has 0 atom stereocenters. The molecule has 1 rings (SSSR count). The molecule has 3 nitrogen and oxygen atoms in total. The van der Waals surface area contributed by atoms with E-state index in [9.17, 15) is 13.2 Å². The first kappa shape index (κ1) is 14.9. The predicted molar refractivity (Wildman–Crippen MR) is 63.8 cm³/mol. The van der Waals surface area contributed by atoms with Crippen LogP contribution >= 0.6 is 0 Å². The van der Waals surface area contributed by atoms with Crippen molar-refractivity contribution < 1.29 is 13.2 Å². The molecule has 0 spiro atoms. The fourth-order valence-corrected chi connectivity index (χ4v) is 1.82. The van der Waals surface area contributed by atoms with Crippen LogP contribution in [0.3, 0.4) is 0 Å². The monoisotopic (exact) mass is 261 g/mol. The van der Waals surface area contributed by atoms with Crippen LogP contribution < -0.4 is 5.73 Å². The molecule has 0 aliphatic rings. The number of nitrogens with zero attached hydrogens (tertiary/aromatic N) is 2. The summed E-state index contributed by atoms with van der Waals surface area (Å²) in [6, 6.07) is 3.49. The van der Waals surface area contributed by atoms with Crippen molar-refractivity contribution >= 4 is 0 Å². The summed E-state index contributed by atoms with van der Waals surface area (Å²) in [6.45, 7) is 1.82. The van der Waals surface area contributed by atoms with Gasteiger partial charge in [0.25, 0.3) is 0 Å². The van der Waals surface area contributed by atoms with Crippen molar-refractivity contribution in [3.05, 3.63) is 29.6 Å². The Hall–Kier alpha value is -1.14. The second kappa shape index (κ2) is 6.70. The third-order valence-electron chi connectivity index (χ3n) is 2.51. The van der Waals surface area contributed by atoms with Crippen LogP contribution in [0.5, 0.6) is 0 Å². The highest BCUT2D eigenvalue weighted by Gasteiger charge is 2.30. The van der Waals surface area contributed by atoms with Gasteiger partial charge in [-0.05, 0) is 24.6 Å². The quantitative estimate of drug-likeness (QED) is 0.854. The summed E-state index contributed by atoms with van der Waals surface area (Å²) in [5.74, 6) is 0. The van der Waals surface area contributed by atoms with Gasteiger partial charge in [-0.1, -0.05) is 13.0 Å². The number of hydrogen-bond donors (Lipinski definition) is 1. The normalized spacial score (nSPS) is 12.1. The topological polar surface area (TPSA) is 42.2 Å². The summed E-state index contributed by atoms with van der Waals surface area (Å²) in [7, 11) is 0. The summed E-state index contributed by atoms with van der Waals surface area (Å²) in [6.07, 6.45) is -1.91. The van der Waals surface area contributed by atoms with Gasteiger partial charge in [0.1, 0.15) is 0 Å². The standard InChI is InChI=1S/C12H18F3N3/c1-2-6-18(9-12(13,14)15)8-10-4-3-5-17-11(10)7-16/h3-5H,2,6-9,16H2,1H3. The number of halogens is 3. The fourth-order valence-electron chi connectivity index (χ4n) is 1.82. The van der Waals surface area contributed by atoms with Crippen LogP contribution in [0.1, 0.15) is 24.6 Å². The minimum Gasteiger partial charge on any atom is -0.325 e. The van der Waals surface area contributed by atoms with Crippen molar-refractivity contribution in [3.63, 3.8) is 0 Å². The second-order valence-electron chi connectivity index (χ2n) is 4.14. The number of nitrogens with two attached hydrogens (primary N) is 1. The van der Waals surface area contributed by atoms with Gasteiger partial charge in [-0.15, -0.1) is 0 Å². The molecule has 0 fully saturated rings. The van der Waals surface area contributed by atoms with Crippen molar-refractivity contribution in [2.75, 3.05) is 13.1 Å². The zero-order valence-corrected chi connectivity index (χ0v) is 10.4. The first-order valence-electron chi connectivity index (χ1n) is 5.88.